The molecule has 2 aromatic rings. The van der Waals surface area contributed by atoms with E-state index >= 15 is 0 Å². The van der Waals surface area contributed by atoms with Crippen molar-refractivity contribution < 1.29 is 8.78 Å². The van der Waals surface area contributed by atoms with E-state index in [0.717, 1.165) is 5.56 Å². The average Bonchev–Trinajstić information content (AvgIpc) is 2.44. The minimum atomic E-state index is -0.336. The highest BCUT2D eigenvalue weighted by molar-refractivity contribution is 5.63. The molecule has 0 unspecified atom stereocenters. The fourth-order valence-corrected chi connectivity index (χ4v) is 2.08. The number of rotatable bonds is 5. The van der Waals surface area contributed by atoms with Gasteiger partial charge in [-0.05, 0) is 35.9 Å². The maximum absolute atomic E-state index is 14.2. The molecule has 4 heteroatoms. The third kappa shape index (κ3) is 4.02. The largest absolute Gasteiger partial charge is 0.342 e. The van der Waals surface area contributed by atoms with Crippen molar-refractivity contribution in [2.75, 3.05) is 11.9 Å². The van der Waals surface area contributed by atoms with E-state index in [9.17, 15) is 8.78 Å². The van der Waals surface area contributed by atoms with Crippen LogP contribution in [0, 0.1) is 11.6 Å². The molecule has 2 aromatic carbocycles. The zero-order chi connectivity index (χ0) is 15.4. The zero-order valence-corrected chi connectivity index (χ0v) is 12.5. The summed E-state index contributed by atoms with van der Waals surface area (Å²) in [5, 5.41) is 3.25. The van der Waals surface area contributed by atoms with Crippen molar-refractivity contribution in [3.63, 3.8) is 0 Å². The molecule has 0 saturated heterocycles. The molecule has 112 valence electrons. The topological polar surface area (TPSA) is 15.3 Å². The predicted octanol–water partition coefficient (Wildman–Crippen LogP) is 4.23. The van der Waals surface area contributed by atoms with Crippen LogP contribution in [-0.2, 0) is 6.54 Å². The molecule has 0 fully saturated rings. The molecule has 0 aromatic heterocycles. The summed E-state index contributed by atoms with van der Waals surface area (Å²) in [6.45, 7) is 4.71. The van der Waals surface area contributed by atoms with Crippen LogP contribution >= 0.6 is 0 Å². The summed E-state index contributed by atoms with van der Waals surface area (Å²) in [7, 11) is 1.72. The first-order chi connectivity index (χ1) is 9.97. The molecule has 1 N–H and O–H groups in total. The number of nitrogens with one attached hydrogen (secondary N) is 1. The van der Waals surface area contributed by atoms with E-state index < -0.39 is 0 Å². The maximum atomic E-state index is 14.2. The summed E-state index contributed by atoms with van der Waals surface area (Å²) in [5.41, 5.74) is 1.92. The van der Waals surface area contributed by atoms with Gasteiger partial charge < -0.3 is 10.2 Å². The monoisotopic (exact) mass is 290 g/mol. The number of hydrogen-bond donors (Lipinski definition) is 1. The Hall–Kier alpha value is -1.94. The van der Waals surface area contributed by atoms with Crippen molar-refractivity contribution in [3.8, 4) is 0 Å². The molecule has 21 heavy (non-hydrogen) atoms. The van der Waals surface area contributed by atoms with Crippen LogP contribution in [-0.4, -0.2) is 13.1 Å². The van der Waals surface area contributed by atoms with E-state index in [1.165, 1.54) is 18.2 Å². The predicted molar refractivity (Wildman–Crippen MR) is 82.8 cm³/mol. The highest BCUT2D eigenvalue weighted by Crippen LogP contribution is 2.27. The van der Waals surface area contributed by atoms with E-state index in [0.29, 0.717) is 24.0 Å². The van der Waals surface area contributed by atoms with Crippen LogP contribution in [0.1, 0.15) is 19.4 Å². The van der Waals surface area contributed by atoms with Crippen molar-refractivity contribution in [1.29, 1.82) is 0 Å². The lowest BCUT2D eigenvalue weighted by Gasteiger charge is -2.21. The number of nitrogens with zero attached hydrogens (tertiary/aromatic N) is 1. The zero-order valence-electron chi connectivity index (χ0n) is 12.5. The van der Waals surface area contributed by atoms with Crippen LogP contribution < -0.4 is 10.2 Å². The molecule has 0 aliphatic heterocycles. The van der Waals surface area contributed by atoms with Crippen LogP contribution in [0.2, 0.25) is 0 Å². The SMILES string of the molecule is CC(C)NCc1ccc(N(C)c2cccc(F)c2)c(F)c1. The Bertz CT molecular complexity index is 611. The Morgan fingerprint density at radius 1 is 1.10 bits per heavy atom. The van der Waals surface area contributed by atoms with Gasteiger partial charge in [-0.1, -0.05) is 26.0 Å². The van der Waals surface area contributed by atoms with Gasteiger partial charge in [-0.2, -0.15) is 0 Å². The van der Waals surface area contributed by atoms with Crippen molar-refractivity contribution in [2.24, 2.45) is 0 Å². The summed E-state index contributed by atoms with van der Waals surface area (Å²) < 4.78 is 27.5. The number of halogens is 2. The molecular formula is C17H20F2N2. The second-order valence-corrected chi connectivity index (χ2v) is 5.36. The van der Waals surface area contributed by atoms with E-state index in [1.807, 2.05) is 19.9 Å². The van der Waals surface area contributed by atoms with Crippen LogP contribution in [0.4, 0.5) is 20.2 Å². The first kappa shape index (κ1) is 15.4. The summed E-state index contributed by atoms with van der Waals surface area (Å²) in [4.78, 5) is 1.64. The quantitative estimate of drug-likeness (QED) is 0.886. The maximum Gasteiger partial charge on any atom is 0.147 e. The highest BCUT2D eigenvalue weighted by atomic mass is 19.1. The van der Waals surface area contributed by atoms with Crippen LogP contribution in [0.25, 0.3) is 0 Å². The molecular weight excluding hydrogens is 270 g/mol. The highest BCUT2D eigenvalue weighted by Gasteiger charge is 2.11. The molecule has 0 aliphatic carbocycles. The number of anilines is 2. The molecule has 0 spiro atoms. The second kappa shape index (κ2) is 6.68. The standard InChI is InChI=1S/C17H20F2N2/c1-12(2)20-11-13-7-8-17(16(19)9-13)21(3)15-6-4-5-14(18)10-15/h4-10,12,20H,11H2,1-3H3. The first-order valence-corrected chi connectivity index (χ1v) is 6.98. The Morgan fingerprint density at radius 2 is 1.86 bits per heavy atom. The third-order valence-electron chi connectivity index (χ3n) is 3.28. The molecule has 0 saturated carbocycles. The van der Waals surface area contributed by atoms with E-state index in [2.05, 4.69) is 5.32 Å². The van der Waals surface area contributed by atoms with Gasteiger partial charge in [0, 0.05) is 25.3 Å². The smallest absolute Gasteiger partial charge is 0.147 e. The minimum Gasteiger partial charge on any atom is -0.342 e. The van der Waals surface area contributed by atoms with Gasteiger partial charge in [-0.15, -0.1) is 0 Å². The van der Waals surface area contributed by atoms with Gasteiger partial charge in [0.05, 0.1) is 5.69 Å². The first-order valence-electron chi connectivity index (χ1n) is 6.98. The molecule has 2 nitrogen and oxygen atoms in total. The third-order valence-corrected chi connectivity index (χ3v) is 3.28. The lowest BCUT2D eigenvalue weighted by Crippen LogP contribution is -2.22. The molecule has 0 bridgehead atoms. The molecule has 0 aliphatic rings. The Balaban J connectivity index is 2.20. The van der Waals surface area contributed by atoms with Gasteiger partial charge in [-0.3, -0.25) is 0 Å². The lowest BCUT2D eigenvalue weighted by atomic mass is 10.1. The molecule has 0 amide bonds. The Kier molecular flexibility index (Phi) is 4.91. The fraction of sp³-hybridized carbons (Fsp3) is 0.294. The Labute approximate surface area is 124 Å². The number of hydrogen-bond acceptors (Lipinski definition) is 2. The van der Waals surface area contributed by atoms with Crippen LogP contribution in [0.5, 0.6) is 0 Å². The van der Waals surface area contributed by atoms with E-state index in [-0.39, 0.29) is 11.6 Å². The lowest BCUT2D eigenvalue weighted by molar-refractivity contribution is 0.581. The summed E-state index contributed by atoms with van der Waals surface area (Å²) in [5.74, 6) is -0.651. The van der Waals surface area contributed by atoms with Gasteiger partial charge in [0.25, 0.3) is 0 Å². The molecule has 0 radical (unpaired) electrons. The molecule has 2 rings (SSSR count). The van der Waals surface area contributed by atoms with Crippen LogP contribution in [0.15, 0.2) is 42.5 Å². The summed E-state index contributed by atoms with van der Waals surface area (Å²) in [6.07, 6.45) is 0. The van der Waals surface area contributed by atoms with Gasteiger partial charge in [0.15, 0.2) is 0 Å². The van der Waals surface area contributed by atoms with E-state index in [1.54, 1.807) is 30.1 Å². The molecule has 0 atom stereocenters. The fourth-order valence-electron chi connectivity index (χ4n) is 2.08. The van der Waals surface area contributed by atoms with Crippen LogP contribution in [0.3, 0.4) is 0 Å². The number of benzene rings is 2. The van der Waals surface area contributed by atoms with Crippen molar-refractivity contribution in [2.45, 2.75) is 26.4 Å². The van der Waals surface area contributed by atoms with Crippen molar-refractivity contribution >= 4 is 11.4 Å². The van der Waals surface area contributed by atoms with Gasteiger partial charge >= 0.3 is 0 Å². The summed E-state index contributed by atoms with van der Waals surface area (Å²) in [6, 6.07) is 11.6. The van der Waals surface area contributed by atoms with Gasteiger partial charge in [-0.25, -0.2) is 8.78 Å². The summed E-state index contributed by atoms with van der Waals surface area (Å²) >= 11 is 0. The minimum absolute atomic E-state index is 0.315. The van der Waals surface area contributed by atoms with Crippen molar-refractivity contribution in [1.82, 2.24) is 5.32 Å². The van der Waals surface area contributed by atoms with Gasteiger partial charge in [0.1, 0.15) is 11.6 Å². The normalized spacial score (nSPS) is 11.0. The average molecular weight is 290 g/mol. The van der Waals surface area contributed by atoms with Crippen molar-refractivity contribution in [3.05, 3.63) is 59.7 Å². The Morgan fingerprint density at radius 3 is 2.48 bits per heavy atom. The second-order valence-electron chi connectivity index (χ2n) is 5.36. The van der Waals surface area contributed by atoms with E-state index in [4.69, 9.17) is 0 Å². The van der Waals surface area contributed by atoms with Gasteiger partial charge in [0.2, 0.25) is 0 Å². The molecule has 0 heterocycles.